The van der Waals surface area contributed by atoms with E-state index >= 15 is 0 Å². The summed E-state index contributed by atoms with van der Waals surface area (Å²) >= 11 is 0. The molecule has 2 nitrogen and oxygen atoms in total. The van der Waals surface area contributed by atoms with Gasteiger partial charge < -0.3 is 4.74 Å². The van der Waals surface area contributed by atoms with Gasteiger partial charge in [0, 0.05) is 0 Å². The lowest BCUT2D eigenvalue weighted by molar-refractivity contribution is -0.137. The fourth-order valence-electron chi connectivity index (χ4n) is 2.32. The van der Waals surface area contributed by atoms with Crippen LogP contribution < -0.4 is 4.74 Å². The third-order valence-electron chi connectivity index (χ3n) is 3.64. The molecule has 0 aliphatic carbocycles. The molecule has 3 aromatic carbocycles. The summed E-state index contributed by atoms with van der Waals surface area (Å²) in [5.74, 6) is -0.228. The van der Waals surface area contributed by atoms with Crippen molar-refractivity contribution in [2.45, 2.75) is 13.1 Å². The number of benzene rings is 3. The molecule has 0 bridgehead atoms. The third-order valence-corrected chi connectivity index (χ3v) is 3.64. The van der Waals surface area contributed by atoms with Gasteiger partial charge in [0.2, 0.25) is 0 Å². The van der Waals surface area contributed by atoms with E-state index in [4.69, 9.17) is 4.74 Å². The Morgan fingerprint density at radius 1 is 0.875 bits per heavy atom. The monoisotopic (exact) mass is 330 g/mol. The number of alkyl halides is 3. The van der Waals surface area contributed by atoms with Crippen molar-refractivity contribution in [3.05, 3.63) is 77.4 Å². The van der Waals surface area contributed by atoms with Crippen LogP contribution in [0.25, 0.3) is 10.8 Å². The maximum atomic E-state index is 12.7. The first-order valence-corrected chi connectivity index (χ1v) is 7.23. The number of ether oxygens (including phenoxy) is 1. The molecular weight excluding hydrogens is 317 g/mol. The molecule has 5 heteroatoms. The zero-order chi connectivity index (χ0) is 17.3. The molecule has 0 N–H and O–H groups in total. The summed E-state index contributed by atoms with van der Waals surface area (Å²) in [6.07, 6.45) is -4.38. The van der Waals surface area contributed by atoms with E-state index < -0.39 is 17.7 Å². The van der Waals surface area contributed by atoms with Crippen LogP contribution in [-0.4, -0.2) is 5.97 Å². The van der Waals surface area contributed by atoms with Crippen LogP contribution in [0.2, 0.25) is 0 Å². The van der Waals surface area contributed by atoms with Gasteiger partial charge in [-0.25, -0.2) is 4.79 Å². The van der Waals surface area contributed by atoms with Gasteiger partial charge in [0.15, 0.2) is 0 Å². The van der Waals surface area contributed by atoms with Crippen LogP contribution in [0.1, 0.15) is 21.5 Å². The van der Waals surface area contributed by atoms with E-state index in [1.165, 1.54) is 18.2 Å². The first kappa shape index (κ1) is 16.1. The Bertz CT molecular complexity index is 897. The summed E-state index contributed by atoms with van der Waals surface area (Å²) in [5.41, 5.74) is 0.727. The molecule has 0 radical (unpaired) electrons. The standard InChI is InChI=1S/C19H13F3O2/c1-12-2-4-13(5-3-12)18(23)24-17-9-7-14-10-16(19(20,21)22)8-6-15(14)11-17/h2-11H,1H3. The normalized spacial score (nSPS) is 11.5. The Labute approximate surface area is 136 Å². The van der Waals surface area contributed by atoms with E-state index in [-0.39, 0.29) is 5.75 Å². The van der Waals surface area contributed by atoms with E-state index in [1.807, 2.05) is 6.92 Å². The molecule has 0 aliphatic rings. The van der Waals surface area contributed by atoms with Gasteiger partial charge in [-0.15, -0.1) is 0 Å². The van der Waals surface area contributed by atoms with Gasteiger partial charge in [-0.3, -0.25) is 0 Å². The molecule has 0 atom stereocenters. The topological polar surface area (TPSA) is 26.3 Å². The van der Waals surface area contributed by atoms with Gasteiger partial charge in [-0.2, -0.15) is 13.2 Å². The number of aryl methyl sites for hydroxylation is 1. The Morgan fingerprint density at radius 3 is 2.17 bits per heavy atom. The van der Waals surface area contributed by atoms with Gasteiger partial charge in [-0.1, -0.05) is 29.8 Å². The number of hydrogen-bond donors (Lipinski definition) is 0. The minimum absolute atomic E-state index is 0.285. The highest BCUT2D eigenvalue weighted by atomic mass is 19.4. The smallest absolute Gasteiger partial charge is 0.416 e. The summed E-state index contributed by atoms with van der Waals surface area (Å²) in [6.45, 7) is 1.91. The van der Waals surface area contributed by atoms with E-state index in [0.29, 0.717) is 16.3 Å². The molecule has 0 saturated carbocycles. The highest BCUT2D eigenvalue weighted by molar-refractivity contribution is 5.92. The maximum Gasteiger partial charge on any atom is 0.416 e. The second-order valence-electron chi connectivity index (χ2n) is 5.48. The van der Waals surface area contributed by atoms with Crippen molar-refractivity contribution in [3.8, 4) is 5.75 Å². The summed E-state index contributed by atoms with van der Waals surface area (Å²) in [4.78, 5) is 12.1. The van der Waals surface area contributed by atoms with Crippen LogP contribution in [0.4, 0.5) is 13.2 Å². The van der Waals surface area contributed by atoms with Gasteiger partial charge in [0.1, 0.15) is 5.75 Å². The Kier molecular flexibility index (Phi) is 4.01. The first-order valence-electron chi connectivity index (χ1n) is 7.23. The summed E-state index contributed by atoms with van der Waals surface area (Å²) < 4.78 is 43.4. The number of rotatable bonds is 2. The lowest BCUT2D eigenvalue weighted by Gasteiger charge is -2.09. The van der Waals surface area contributed by atoms with Crippen LogP contribution in [0.15, 0.2) is 60.7 Å². The molecule has 0 aromatic heterocycles. The zero-order valence-corrected chi connectivity index (χ0v) is 12.7. The zero-order valence-electron chi connectivity index (χ0n) is 12.7. The summed E-state index contributed by atoms with van der Waals surface area (Å²) in [6, 6.07) is 14.9. The van der Waals surface area contributed by atoms with E-state index in [9.17, 15) is 18.0 Å². The number of fused-ring (bicyclic) bond motifs is 1. The molecule has 3 rings (SSSR count). The van der Waals surface area contributed by atoms with Crippen LogP contribution in [0, 0.1) is 6.92 Å². The quantitative estimate of drug-likeness (QED) is 0.465. The fraction of sp³-hybridized carbons (Fsp3) is 0.105. The molecule has 0 amide bonds. The van der Waals surface area contributed by atoms with Gasteiger partial charge in [0.05, 0.1) is 11.1 Å². The van der Waals surface area contributed by atoms with E-state index in [2.05, 4.69) is 0 Å². The number of carbonyl (C=O) groups excluding carboxylic acids is 1. The summed E-state index contributed by atoms with van der Waals surface area (Å²) in [7, 11) is 0. The molecule has 0 spiro atoms. The van der Waals surface area contributed by atoms with Crippen LogP contribution >= 0.6 is 0 Å². The summed E-state index contributed by atoms with van der Waals surface area (Å²) in [5, 5.41) is 0.997. The molecule has 24 heavy (non-hydrogen) atoms. The van der Waals surface area contributed by atoms with Gasteiger partial charge in [0.25, 0.3) is 0 Å². The fourth-order valence-corrected chi connectivity index (χ4v) is 2.32. The maximum absolute atomic E-state index is 12.7. The molecule has 0 aliphatic heterocycles. The van der Waals surface area contributed by atoms with Crippen molar-refractivity contribution in [1.29, 1.82) is 0 Å². The Hall–Kier alpha value is -2.82. The number of halogens is 3. The molecule has 0 saturated heterocycles. The van der Waals surface area contributed by atoms with Crippen LogP contribution in [-0.2, 0) is 6.18 Å². The first-order chi connectivity index (χ1) is 11.3. The average Bonchev–Trinajstić information content (AvgIpc) is 2.54. The predicted molar refractivity (Wildman–Crippen MR) is 85.1 cm³/mol. The van der Waals surface area contributed by atoms with Gasteiger partial charge in [-0.05, 0) is 54.1 Å². The molecule has 3 aromatic rings. The van der Waals surface area contributed by atoms with Crippen molar-refractivity contribution in [3.63, 3.8) is 0 Å². The lowest BCUT2D eigenvalue weighted by atomic mass is 10.1. The highest BCUT2D eigenvalue weighted by Crippen LogP contribution is 2.32. The Balaban J connectivity index is 1.85. The molecule has 122 valence electrons. The minimum Gasteiger partial charge on any atom is -0.423 e. The average molecular weight is 330 g/mol. The molecular formula is C19H13F3O2. The van der Waals surface area contributed by atoms with Crippen LogP contribution in [0.3, 0.4) is 0 Å². The SMILES string of the molecule is Cc1ccc(C(=O)Oc2ccc3cc(C(F)(F)F)ccc3c2)cc1. The molecule has 0 fully saturated rings. The van der Waals surface area contributed by atoms with Crippen molar-refractivity contribution in [2.24, 2.45) is 0 Å². The minimum atomic E-state index is -4.38. The Morgan fingerprint density at radius 2 is 1.50 bits per heavy atom. The van der Waals surface area contributed by atoms with Gasteiger partial charge >= 0.3 is 12.1 Å². The second-order valence-corrected chi connectivity index (χ2v) is 5.48. The molecule has 0 heterocycles. The number of carbonyl (C=O) groups is 1. The predicted octanol–water partition coefficient (Wildman–Crippen LogP) is 5.39. The second kappa shape index (κ2) is 6.00. The third kappa shape index (κ3) is 3.40. The van der Waals surface area contributed by atoms with Crippen molar-refractivity contribution < 1.29 is 22.7 Å². The number of esters is 1. The largest absolute Gasteiger partial charge is 0.423 e. The van der Waals surface area contributed by atoms with Crippen molar-refractivity contribution in [2.75, 3.05) is 0 Å². The number of hydrogen-bond acceptors (Lipinski definition) is 2. The lowest BCUT2D eigenvalue weighted by Crippen LogP contribution is -2.08. The highest BCUT2D eigenvalue weighted by Gasteiger charge is 2.30. The molecule has 0 unspecified atom stereocenters. The van der Waals surface area contributed by atoms with Crippen LogP contribution in [0.5, 0.6) is 5.75 Å². The van der Waals surface area contributed by atoms with Crippen molar-refractivity contribution >= 4 is 16.7 Å². The van der Waals surface area contributed by atoms with E-state index in [1.54, 1.807) is 30.3 Å². The van der Waals surface area contributed by atoms with Crippen molar-refractivity contribution in [1.82, 2.24) is 0 Å². The van der Waals surface area contributed by atoms with E-state index in [0.717, 1.165) is 17.7 Å².